The molecule has 18 heteroatoms. The van der Waals surface area contributed by atoms with Crippen molar-refractivity contribution >= 4 is 55.3 Å². The normalized spacial score (nSPS) is 12.8. The maximum Gasteiger partial charge on any atom is 0.408 e. The summed E-state index contributed by atoms with van der Waals surface area (Å²) < 4.78 is 99.4. The summed E-state index contributed by atoms with van der Waals surface area (Å²) in [4.78, 5) is 32.9. The molecule has 0 spiro atoms. The fourth-order valence-electron chi connectivity index (χ4n) is 6.50. The lowest BCUT2D eigenvalue weighted by Crippen LogP contribution is -2.39. The monoisotopic (exact) mass is 842 g/mol. The van der Waals surface area contributed by atoms with Gasteiger partial charge in [0.15, 0.2) is 5.82 Å². The molecule has 6 aromatic rings. The molecule has 58 heavy (non-hydrogen) atoms. The number of nitrogens with one attached hydrogen (secondary N) is 1. The lowest BCUT2D eigenvalue weighted by Gasteiger charge is -2.26. The van der Waals surface area contributed by atoms with Crippen LogP contribution in [0.4, 0.5) is 28.2 Å². The number of methoxy groups -OCH3 is 1. The Morgan fingerprint density at radius 1 is 0.966 bits per heavy atom. The summed E-state index contributed by atoms with van der Waals surface area (Å²) in [6, 6.07) is 14.2. The Hall–Kier alpha value is -5.68. The molecule has 0 saturated carbocycles. The van der Waals surface area contributed by atoms with E-state index >= 15 is 0 Å². The van der Waals surface area contributed by atoms with E-state index in [0.29, 0.717) is 24.3 Å². The van der Waals surface area contributed by atoms with E-state index < -0.39 is 56.4 Å². The van der Waals surface area contributed by atoms with Crippen LogP contribution in [0.3, 0.4) is 0 Å². The number of halogens is 5. The number of hydrogen-bond acceptors (Lipinski definition) is 8. The summed E-state index contributed by atoms with van der Waals surface area (Å²) >= 11 is 6.83. The molecule has 0 unspecified atom stereocenters. The van der Waals surface area contributed by atoms with Crippen LogP contribution in [0, 0.1) is 11.6 Å². The minimum absolute atomic E-state index is 0.0410. The van der Waals surface area contributed by atoms with E-state index in [1.165, 1.54) is 37.0 Å². The third-order valence-electron chi connectivity index (χ3n) is 9.03. The number of carbonyl (C=O) groups is 1. The summed E-state index contributed by atoms with van der Waals surface area (Å²) in [5, 5.41) is 7.30. The van der Waals surface area contributed by atoms with Crippen molar-refractivity contribution in [3.63, 3.8) is 0 Å². The fraction of sp³-hybridized carbons (Fsp3) is 0.300. The molecule has 1 amide bonds. The second-order valence-corrected chi connectivity index (χ2v) is 17.1. The van der Waals surface area contributed by atoms with Crippen LogP contribution in [0.15, 0.2) is 77.6 Å². The van der Waals surface area contributed by atoms with Gasteiger partial charge in [-0.1, -0.05) is 29.8 Å². The van der Waals surface area contributed by atoms with Crippen LogP contribution in [0.5, 0.6) is 5.75 Å². The van der Waals surface area contributed by atoms with Crippen LogP contribution in [-0.2, 0) is 40.7 Å². The summed E-state index contributed by atoms with van der Waals surface area (Å²) in [5.41, 5.74) is -1.63. The molecule has 1 N–H and O–H groups in total. The van der Waals surface area contributed by atoms with Gasteiger partial charge >= 0.3 is 6.09 Å². The van der Waals surface area contributed by atoms with E-state index in [0.717, 1.165) is 39.4 Å². The number of rotatable bonds is 11. The van der Waals surface area contributed by atoms with Crippen LogP contribution >= 0.6 is 11.6 Å². The number of alkyl halides is 2. The number of alkyl carbamates (subject to hydrolysis) is 1. The van der Waals surface area contributed by atoms with Gasteiger partial charge in [0.2, 0.25) is 10.0 Å². The summed E-state index contributed by atoms with van der Waals surface area (Å²) in [6.45, 7) is 5.34. The maximum absolute atomic E-state index is 14.8. The number of nitrogens with zero attached hydrogens (tertiary/aromatic N) is 5. The van der Waals surface area contributed by atoms with Crippen molar-refractivity contribution in [3.05, 3.63) is 122 Å². The first-order valence-corrected chi connectivity index (χ1v) is 19.9. The van der Waals surface area contributed by atoms with E-state index in [-0.39, 0.29) is 62.7 Å². The number of benzene rings is 4. The number of aromatic nitrogens is 4. The third-order valence-corrected chi connectivity index (χ3v) is 10.4. The topological polar surface area (TPSA) is 138 Å². The van der Waals surface area contributed by atoms with E-state index in [1.54, 1.807) is 45.0 Å². The Labute approximate surface area is 336 Å². The quantitative estimate of drug-likeness (QED) is 0.129. The standard InChI is InChI=1S/C40H39ClF4N6O6S/c1-39(2,3)57-38(53)47-31(18-23-16-25(42)20-26(43)17-23)35-46-30-19-24(40(4,44)45)10-13-28(30)37(52)51(35)32-15-14-29(41)33-34(32)49(5)48-36(33)50(58(7,54)55)21-22-8-11-27(56-6)12-9-22/h8-17,19-20,31H,18,21H2,1-7H3,(H,47,53)/t31-/m0/s1. The molecule has 12 nitrogen and oxygen atoms in total. The molecule has 2 heterocycles. The zero-order valence-electron chi connectivity index (χ0n) is 32.4. The van der Waals surface area contributed by atoms with Crippen molar-refractivity contribution in [2.24, 2.45) is 7.05 Å². The van der Waals surface area contributed by atoms with Gasteiger partial charge in [0.25, 0.3) is 11.5 Å². The third kappa shape index (κ3) is 8.89. The molecule has 1 atom stereocenters. The van der Waals surface area contributed by atoms with Gasteiger partial charge < -0.3 is 14.8 Å². The number of fused-ring (bicyclic) bond motifs is 2. The highest BCUT2D eigenvalue weighted by Gasteiger charge is 2.32. The highest BCUT2D eigenvalue weighted by Crippen LogP contribution is 2.38. The lowest BCUT2D eigenvalue weighted by atomic mass is 10.0. The Kier molecular flexibility index (Phi) is 11.3. The molecule has 0 bridgehead atoms. The summed E-state index contributed by atoms with van der Waals surface area (Å²) in [5.74, 6) is -4.96. The van der Waals surface area contributed by atoms with Crippen molar-refractivity contribution in [2.45, 2.75) is 58.2 Å². The van der Waals surface area contributed by atoms with E-state index in [1.807, 2.05) is 0 Å². The van der Waals surface area contributed by atoms with E-state index in [9.17, 15) is 35.6 Å². The molecular weight excluding hydrogens is 804 g/mol. The number of sulfonamides is 1. The molecule has 0 fully saturated rings. The summed E-state index contributed by atoms with van der Waals surface area (Å²) in [7, 11) is -1.05. The molecule has 306 valence electrons. The van der Waals surface area contributed by atoms with Crippen LogP contribution in [0.25, 0.3) is 27.5 Å². The molecule has 4 aromatic carbocycles. The highest BCUT2D eigenvalue weighted by atomic mass is 35.5. The van der Waals surface area contributed by atoms with Crippen LogP contribution in [0.1, 0.15) is 56.3 Å². The first-order valence-electron chi connectivity index (χ1n) is 17.7. The fourth-order valence-corrected chi connectivity index (χ4v) is 7.57. The highest BCUT2D eigenvalue weighted by molar-refractivity contribution is 7.92. The summed E-state index contributed by atoms with van der Waals surface area (Å²) in [6.07, 6.45) is -0.358. The minimum Gasteiger partial charge on any atom is -0.497 e. The van der Waals surface area contributed by atoms with Gasteiger partial charge in [-0.2, -0.15) is 5.10 Å². The molecule has 0 radical (unpaired) electrons. The average Bonchev–Trinajstić information content (AvgIpc) is 3.45. The molecule has 0 aliphatic rings. The predicted octanol–water partition coefficient (Wildman–Crippen LogP) is 8.10. The number of carbonyl (C=O) groups excluding carboxylic acids is 1. The van der Waals surface area contributed by atoms with E-state index in [2.05, 4.69) is 15.4 Å². The number of anilines is 1. The van der Waals surface area contributed by atoms with Crippen molar-refractivity contribution < 1.29 is 40.2 Å². The minimum atomic E-state index is -4.05. The number of amides is 1. The van der Waals surface area contributed by atoms with Gasteiger partial charge in [0.1, 0.15) is 28.8 Å². The Balaban J connectivity index is 1.66. The predicted molar refractivity (Wildman–Crippen MR) is 212 cm³/mol. The second kappa shape index (κ2) is 15.6. The molecule has 0 saturated heterocycles. The lowest BCUT2D eigenvalue weighted by molar-refractivity contribution is 0.0175. The molecule has 0 aliphatic carbocycles. The van der Waals surface area contributed by atoms with Crippen molar-refractivity contribution in [3.8, 4) is 11.4 Å². The average molecular weight is 843 g/mol. The molecule has 0 aliphatic heterocycles. The Bertz CT molecular complexity index is 2710. The number of aryl methyl sites for hydroxylation is 1. The first kappa shape index (κ1) is 41.9. The second-order valence-electron chi connectivity index (χ2n) is 14.8. The van der Waals surface area contributed by atoms with Crippen molar-refractivity contribution in [1.82, 2.24) is 24.6 Å². The molecular formula is C40H39ClF4N6O6S. The molecule has 2 aromatic heterocycles. The smallest absolute Gasteiger partial charge is 0.408 e. The van der Waals surface area contributed by atoms with Crippen LogP contribution in [-0.4, -0.2) is 52.8 Å². The van der Waals surface area contributed by atoms with Crippen LogP contribution < -0.4 is 19.9 Å². The van der Waals surface area contributed by atoms with Crippen molar-refractivity contribution in [2.75, 3.05) is 17.7 Å². The largest absolute Gasteiger partial charge is 0.497 e. The van der Waals surface area contributed by atoms with Gasteiger partial charge in [0, 0.05) is 32.0 Å². The SMILES string of the molecule is COc1ccc(CN(c2nn(C)c3c(-n4c([C@H](Cc5cc(F)cc(F)c5)NC(=O)OC(C)(C)C)nc5cc(C(C)(F)F)ccc5c4=O)ccc(Cl)c23)S(C)(=O)=O)cc1. The Morgan fingerprint density at radius 3 is 2.21 bits per heavy atom. The van der Waals surface area contributed by atoms with Gasteiger partial charge in [-0.25, -0.2) is 40.1 Å². The zero-order valence-corrected chi connectivity index (χ0v) is 34.0. The Morgan fingerprint density at radius 2 is 1.62 bits per heavy atom. The maximum atomic E-state index is 14.8. The van der Waals surface area contributed by atoms with Gasteiger partial charge in [0.05, 0.1) is 58.5 Å². The van der Waals surface area contributed by atoms with Gasteiger partial charge in [-0.3, -0.25) is 14.0 Å². The van der Waals surface area contributed by atoms with Crippen molar-refractivity contribution in [1.29, 1.82) is 0 Å². The molecule has 6 rings (SSSR count). The zero-order chi connectivity index (χ0) is 42.5. The van der Waals surface area contributed by atoms with E-state index in [4.69, 9.17) is 21.1 Å². The first-order chi connectivity index (χ1) is 27.0. The van der Waals surface area contributed by atoms with Gasteiger partial charge in [-0.05, 0) is 80.4 Å². The van der Waals surface area contributed by atoms with Gasteiger partial charge in [-0.15, -0.1) is 0 Å². The van der Waals surface area contributed by atoms with Crippen LogP contribution in [0.2, 0.25) is 5.02 Å². The number of ether oxygens (including phenoxy) is 2. The number of hydrogen-bond donors (Lipinski definition) is 1.